The van der Waals surface area contributed by atoms with Gasteiger partial charge in [-0.1, -0.05) is 36.4 Å². The Bertz CT molecular complexity index is 543. The summed E-state index contributed by atoms with van der Waals surface area (Å²) in [5.74, 6) is 1.12. The number of methoxy groups -OCH3 is 1. The van der Waals surface area contributed by atoms with Gasteiger partial charge in [0, 0.05) is 6.54 Å². The third-order valence-electron chi connectivity index (χ3n) is 2.78. The van der Waals surface area contributed by atoms with Gasteiger partial charge in [0.05, 0.1) is 7.11 Å². The minimum absolute atomic E-state index is 0.116. The van der Waals surface area contributed by atoms with Crippen molar-refractivity contribution in [2.24, 2.45) is 0 Å². The Kier molecular flexibility index (Phi) is 4.95. The Morgan fingerprint density at radius 1 is 1.05 bits per heavy atom. The molecule has 0 saturated carbocycles. The van der Waals surface area contributed by atoms with Crippen LogP contribution in [0.25, 0.3) is 0 Å². The van der Waals surface area contributed by atoms with E-state index < -0.39 is 0 Å². The summed E-state index contributed by atoms with van der Waals surface area (Å²) in [5.41, 5.74) is 1.70. The quantitative estimate of drug-likeness (QED) is 0.820. The predicted molar refractivity (Wildman–Crippen MR) is 74.5 cm³/mol. The van der Waals surface area contributed by atoms with Crippen LogP contribution in [0.4, 0.5) is 0 Å². The summed E-state index contributed by atoms with van der Waals surface area (Å²) in [5, 5.41) is 19.2. The van der Waals surface area contributed by atoms with E-state index in [1.54, 1.807) is 18.2 Å². The molecule has 0 bridgehead atoms. The molecular formula is C15H16NO4-. The van der Waals surface area contributed by atoms with Crippen molar-refractivity contribution in [1.82, 2.24) is 5.23 Å². The fraction of sp³-hybridized carbons (Fsp3) is 0.200. The summed E-state index contributed by atoms with van der Waals surface area (Å²) in [6.45, 7) is 0.319. The molecule has 0 aromatic heterocycles. The number of rotatable bonds is 6. The van der Waals surface area contributed by atoms with E-state index in [2.05, 4.69) is 0 Å². The number of hydroxylamine groups is 2. The lowest BCUT2D eigenvalue weighted by Gasteiger charge is -2.20. The lowest BCUT2D eigenvalue weighted by molar-refractivity contribution is -0.0488. The van der Waals surface area contributed by atoms with Crippen molar-refractivity contribution in [1.29, 1.82) is 0 Å². The molecule has 0 aliphatic carbocycles. The van der Waals surface area contributed by atoms with Crippen LogP contribution in [-0.4, -0.2) is 17.5 Å². The zero-order valence-electron chi connectivity index (χ0n) is 11.2. The fourth-order valence-electron chi connectivity index (χ4n) is 1.82. The van der Waals surface area contributed by atoms with Crippen molar-refractivity contribution in [3.8, 4) is 11.5 Å². The van der Waals surface area contributed by atoms with E-state index in [-0.39, 0.29) is 11.8 Å². The maximum absolute atomic E-state index is 10.6. The number of benzene rings is 2. The van der Waals surface area contributed by atoms with Crippen LogP contribution in [-0.2, 0) is 13.2 Å². The topological polar surface area (TPSA) is 65.0 Å². The van der Waals surface area contributed by atoms with Crippen LogP contribution in [0.3, 0.4) is 0 Å². The number of nitrogens with zero attached hydrogens (tertiary/aromatic N) is 1. The summed E-state index contributed by atoms with van der Waals surface area (Å²) < 4.78 is 10.9. The molecular weight excluding hydrogens is 258 g/mol. The summed E-state index contributed by atoms with van der Waals surface area (Å²) in [7, 11) is 1.53. The molecule has 5 nitrogen and oxygen atoms in total. The summed E-state index contributed by atoms with van der Waals surface area (Å²) in [6, 6.07) is 14.9. The molecule has 5 heteroatoms. The van der Waals surface area contributed by atoms with Gasteiger partial charge in [0.2, 0.25) is 0 Å². The first-order valence-electron chi connectivity index (χ1n) is 6.16. The third kappa shape index (κ3) is 3.96. The van der Waals surface area contributed by atoms with Gasteiger partial charge in [-0.25, -0.2) is 0 Å². The molecule has 0 aliphatic rings. The van der Waals surface area contributed by atoms with Gasteiger partial charge in [0.15, 0.2) is 11.5 Å². The second-order valence-electron chi connectivity index (χ2n) is 4.27. The highest BCUT2D eigenvalue weighted by Crippen LogP contribution is 2.29. The van der Waals surface area contributed by atoms with Crippen LogP contribution >= 0.6 is 0 Å². The normalized spacial score (nSPS) is 10.6. The van der Waals surface area contributed by atoms with Crippen LogP contribution in [0, 0.1) is 5.21 Å². The van der Waals surface area contributed by atoms with E-state index in [4.69, 9.17) is 14.7 Å². The highest BCUT2D eigenvalue weighted by molar-refractivity contribution is 5.43. The van der Waals surface area contributed by atoms with Crippen molar-refractivity contribution in [3.63, 3.8) is 0 Å². The molecule has 0 atom stereocenters. The molecule has 0 spiro atoms. The van der Waals surface area contributed by atoms with E-state index >= 15 is 0 Å². The summed E-state index contributed by atoms with van der Waals surface area (Å²) >= 11 is 0. The Morgan fingerprint density at radius 3 is 2.45 bits per heavy atom. The molecule has 0 amide bonds. The molecule has 0 unspecified atom stereocenters. The van der Waals surface area contributed by atoms with E-state index in [1.807, 2.05) is 30.3 Å². The molecule has 0 fully saturated rings. The summed E-state index contributed by atoms with van der Waals surface area (Å²) in [6.07, 6.45) is 0. The Labute approximate surface area is 117 Å². The van der Waals surface area contributed by atoms with Gasteiger partial charge in [0.1, 0.15) is 6.61 Å². The van der Waals surface area contributed by atoms with Crippen molar-refractivity contribution >= 4 is 0 Å². The lowest BCUT2D eigenvalue weighted by atomic mass is 10.2. The van der Waals surface area contributed by atoms with Gasteiger partial charge in [-0.2, -0.15) is 0 Å². The fourth-order valence-corrected chi connectivity index (χ4v) is 1.82. The largest absolute Gasteiger partial charge is 0.762 e. The molecule has 106 valence electrons. The zero-order chi connectivity index (χ0) is 14.4. The predicted octanol–water partition coefficient (Wildman–Crippen LogP) is 2.96. The molecule has 2 aromatic carbocycles. The average Bonchev–Trinajstić information content (AvgIpc) is 2.46. The van der Waals surface area contributed by atoms with E-state index in [0.29, 0.717) is 23.7 Å². The molecule has 0 aliphatic heterocycles. The van der Waals surface area contributed by atoms with Crippen molar-refractivity contribution in [3.05, 3.63) is 64.9 Å². The SMILES string of the molecule is COc1cc(CN([O-])O)ccc1OCc1ccccc1. The molecule has 0 radical (unpaired) electrons. The smallest absolute Gasteiger partial charge is 0.161 e. The molecule has 2 aromatic rings. The zero-order valence-corrected chi connectivity index (χ0v) is 11.2. The minimum Gasteiger partial charge on any atom is -0.762 e. The second kappa shape index (κ2) is 6.91. The summed E-state index contributed by atoms with van der Waals surface area (Å²) in [4.78, 5) is 0. The van der Waals surface area contributed by atoms with Gasteiger partial charge < -0.3 is 19.9 Å². The Balaban J connectivity index is 2.07. The van der Waals surface area contributed by atoms with Crippen molar-refractivity contribution < 1.29 is 14.7 Å². The van der Waals surface area contributed by atoms with E-state index in [0.717, 1.165) is 5.56 Å². The van der Waals surface area contributed by atoms with Crippen molar-refractivity contribution in [2.75, 3.05) is 7.11 Å². The molecule has 0 saturated heterocycles. The van der Waals surface area contributed by atoms with E-state index in [9.17, 15) is 5.21 Å². The van der Waals surface area contributed by atoms with Gasteiger partial charge in [0.25, 0.3) is 0 Å². The Hall–Kier alpha value is -2.08. The Morgan fingerprint density at radius 2 is 1.80 bits per heavy atom. The molecule has 20 heavy (non-hydrogen) atoms. The highest BCUT2D eigenvalue weighted by Gasteiger charge is 2.06. The first-order valence-corrected chi connectivity index (χ1v) is 6.16. The maximum atomic E-state index is 10.6. The van der Waals surface area contributed by atoms with Gasteiger partial charge in [-0.05, 0) is 23.3 Å². The van der Waals surface area contributed by atoms with Gasteiger partial charge in [-0.3, -0.25) is 5.23 Å². The number of hydrogen-bond donors (Lipinski definition) is 1. The standard InChI is InChI=1S/C15H16NO4/c1-19-15-9-13(10-16(17)18)7-8-14(15)20-11-12-5-3-2-4-6-12/h2-9,17H,10-11H2,1H3/q-1. The number of hydrogen-bond acceptors (Lipinski definition) is 5. The highest BCUT2D eigenvalue weighted by atomic mass is 16.8. The second-order valence-corrected chi connectivity index (χ2v) is 4.27. The lowest BCUT2D eigenvalue weighted by Crippen LogP contribution is -2.09. The minimum atomic E-state index is -0.126. The maximum Gasteiger partial charge on any atom is 0.161 e. The van der Waals surface area contributed by atoms with Crippen LogP contribution in [0.2, 0.25) is 0 Å². The number of ether oxygens (including phenoxy) is 2. The van der Waals surface area contributed by atoms with E-state index in [1.165, 1.54) is 7.11 Å². The van der Waals surface area contributed by atoms with Gasteiger partial charge in [-0.15, -0.1) is 0 Å². The molecule has 1 N–H and O–H groups in total. The molecule has 0 heterocycles. The molecule has 2 rings (SSSR count). The van der Waals surface area contributed by atoms with Crippen LogP contribution in [0.5, 0.6) is 11.5 Å². The first-order chi connectivity index (χ1) is 9.69. The van der Waals surface area contributed by atoms with Crippen LogP contribution in [0.15, 0.2) is 48.5 Å². The average molecular weight is 274 g/mol. The van der Waals surface area contributed by atoms with Crippen molar-refractivity contribution in [2.45, 2.75) is 13.2 Å². The van der Waals surface area contributed by atoms with Gasteiger partial charge >= 0.3 is 0 Å². The van der Waals surface area contributed by atoms with Crippen LogP contribution < -0.4 is 9.47 Å². The first kappa shape index (κ1) is 14.3. The van der Waals surface area contributed by atoms with Crippen LogP contribution in [0.1, 0.15) is 11.1 Å². The third-order valence-corrected chi connectivity index (χ3v) is 2.78. The monoisotopic (exact) mass is 274 g/mol.